The highest BCUT2D eigenvalue weighted by Crippen LogP contribution is 2.33. The van der Waals surface area contributed by atoms with Gasteiger partial charge in [-0.3, -0.25) is 9.59 Å². The van der Waals surface area contributed by atoms with Gasteiger partial charge in [0.25, 0.3) is 5.91 Å². The predicted octanol–water partition coefficient (Wildman–Crippen LogP) is 3.99. The fraction of sp³-hybridized carbons (Fsp3) is 0.333. The molecule has 6 nitrogen and oxygen atoms in total. The van der Waals surface area contributed by atoms with E-state index in [0.29, 0.717) is 47.5 Å². The van der Waals surface area contributed by atoms with Gasteiger partial charge < -0.3 is 20.1 Å². The van der Waals surface area contributed by atoms with E-state index in [-0.39, 0.29) is 11.8 Å². The number of nitrogens with one attached hydrogen (secondary N) is 2. The molecule has 1 heterocycles. The molecule has 2 aromatic carbocycles. The van der Waals surface area contributed by atoms with E-state index in [0.717, 1.165) is 12.0 Å². The standard InChI is InChI=1S/C21H23ClN2O4/c1-3-8-23-21(26)16-6-5-15(12-17(16)22)24-20(25)13(2)14-4-7-18-19(11-14)28-10-9-27-18/h4-7,11-13H,3,8-10H2,1-2H3,(H,23,26)(H,24,25). The van der Waals surface area contributed by atoms with Crippen molar-refractivity contribution >= 4 is 29.1 Å². The quantitative estimate of drug-likeness (QED) is 0.765. The van der Waals surface area contributed by atoms with E-state index in [9.17, 15) is 9.59 Å². The van der Waals surface area contributed by atoms with E-state index in [4.69, 9.17) is 21.1 Å². The molecule has 1 aliphatic rings. The Hall–Kier alpha value is -2.73. The highest BCUT2D eigenvalue weighted by molar-refractivity contribution is 6.34. The van der Waals surface area contributed by atoms with Crippen molar-refractivity contribution < 1.29 is 19.1 Å². The number of hydrogen-bond donors (Lipinski definition) is 2. The summed E-state index contributed by atoms with van der Waals surface area (Å²) in [5.41, 5.74) is 1.74. The van der Waals surface area contributed by atoms with Crippen LogP contribution in [0.3, 0.4) is 0 Å². The second-order valence-corrected chi connectivity index (χ2v) is 6.97. The van der Waals surface area contributed by atoms with Crippen molar-refractivity contribution in [2.24, 2.45) is 0 Å². The zero-order valence-corrected chi connectivity index (χ0v) is 16.6. The maximum Gasteiger partial charge on any atom is 0.252 e. The van der Waals surface area contributed by atoms with Gasteiger partial charge in [0.2, 0.25) is 5.91 Å². The molecule has 1 unspecified atom stereocenters. The van der Waals surface area contributed by atoms with Crippen molar-refractivity contribution in [1.82, 2.24) is 5.32 Å². The predicted molar refractivity (Wildman–Crippen MR) is 109 cm³/mol. The highest BCUT2D eigenvalue weighted by Gasteiger charge is 2.20. The van der Waals surface area contributed by atoms with Gasteiger partial charge in [-0.25, -0.2) is 0 Å². The van der Waals surface area contributed by atoms with Crippen LogP contribution in [0.1, 0.15) is 42.1 Å². The van der Waals surface area contributed by atoms with Gasteiger partial charge in [0.15, 0.2) is 11.5 Å². The summed E-state index contributed by atoms with van der Waals surface area (Å²) >= 11 is 6.22. The molecule has 0 saturated heterocycles. The van der Waals surface area contributed by atoms with Crippen molar-refractivity contribution in [3.8, 4) is 11.5 Å². The zero-order valence-electron chi connectivity index (χ0n) is 15.9. The van der Waals surface area contributed by atoms with Crippen LogP contribution in [0.2, 0.25) is 5.02 Å². The normalized spacial score (nSPS) is 13.5. The van der Waals surface area contributed by atoms with Gasteiger partial charge in [-0.2, -0.15) is 0 Å². The minimum absolute atomic E-state index is 0.184. The van der Waals surface area contributed by atoms with Crippen LogP contribution in [-0.2, 0) is 4.79 Å². The third kappa shape index (κ3) is 4.57. The minimum atomic E-state index is -0.401. The molecule has 3 rings (SSSR count). The zero-order chi connectivity index (χ0) is 20.1. The van der Waals surface area contributed by atoms with E-state index in [1.807, 2.05) is 32.0 Å². The molecule has 0 radical (unpaired) electrons. The monoisotopic (exact) mass is 402 g/mol. The number of anilines is 1. The molecule has 28 heavy (non-hydrogen) atoms. The van der Waals surface area contributed by atoms with E-state index >= 15 is 0 Å². The van der Waals surface area contributed by atoms with Gasteiger partial charge in [0, 0.05) is 12.2 Å². The maximum absolute atomic E-state index is 12.6. The number of carbonyl (C=O) groups is 2. The smallest absolute Gasteiger partial charge is 0.252 e. The van der Waals surface area contributed by atoms with E-state index in [1.54, 1.807) is 18.2 Å². The Morgan fingerprint density at radius 1 is 1.11 bits per heavy atom. The lowest BCUT2D eigenvalue weighted by Crippen LogP contribution is -2.24. The lowest BCUT2D eigenvalue weighted by Gasteiger charge is -2.20. The van der Waals surface area contributed by atoms with Crippen molar-refractivity contribution in [2.75, 3.05) is 25.1 Å². The Balaban J connectivity index is 1.68. The van der Waals surface area contributed by atoms with Crippen LogP contribution in [0.5, 0.6) is 11.5 Å². The Labute approximate surface area is 169 Å². The molecule has 0 aliphatic carbocycles. The first kappa shape index (κ1) is 20.0. The van der Waals surface area contributed by atoms with E-state index in [2.05, 4.69) is 10.6 Å². The van der Waals surface area contributed by atoms with Crippen LogP contribution in [0.15, 0.2) is 36.4 Å². The molecule has 148 valence electrons. The first-order valence-corrected chi connectivity index (χ1v) is 9.65. The molecule has 0 saturated carbocycles. The summed E-state index contributed by atoms with van der Waals surface area (Å²) in [6.45, 7) is 5.39. The van der Waals surface area contributed by atoms with Crippen LogP contribution < -0.4 is 20.1 Å². The fourth-order valence-electron chi connectivity index (χ4n) is 2.84. The van der Waals surface area contributed by atoms with Crippen LogP contribution in [0.25, 0.3) is 0 Å². The molecule has 1 aliphatic heterocycles. The van der Waals surface area contributed by atoms with Crippen LogP contribution in [0, 0.1) is 0 Å². The SMILES string of the molecule is CCCNC(=O)c1ccc(NC(=O)C(C)c2ccc3c(c2)OCCO3)cc1Cl. The summed E-state index contributed by atoms with van der Waals surface area (Å²) in [6.07, 6.45) is 0.843. The molecular weight excluding hydrogens is 380 g/mol. The molecule has 2 aromatic rings. The van der Waals surface area contributed by atoms with Gasteiger partial charge >= 0.3 is 0 Å². The van der Waals surface area contributed by atoms with E-state index in [1.165, 1.54) is 0 Å². The average Bonchev–Trinajstić information content (AvgIpc) is 2.71. The Morgan fingerprint density at radius 3 is 2.57 bits per heavy atom. The molecule has 7 heteroatoms. The Kier molecular flexibility index (Phi) is 6.41. The largest absolute Gasteiger partial charge is 0.486 e. The number of ether oxygens (including phenoxy) is 2. The summed E-state index contributed by atoms with van der Waals surface area (Å²) < 4.78 is 11.1. The molecule has 2 amide bonds. The highest BCUT2D eigenvalue weighted by atomic mass is 35.5. The van der Waals surface area contributed by atoms with Crippen LogP contribution in [0.4, 0.5) is 5.69 Å². The Bertz CT molecular complexity index is 885. The third-order valence-corrected chi connectivity index (χ3v) is 4.79. The summed E-state index contributed by atoms with van der Waals surface area (Å²) in [6, 6.07) is 10.3. The lowest BCUT2D eigenvalue weighted by molar-refractivity contribution is -0.117. The van der Waals surface area contributed by atoms with Crippen molar-refractivity contribution in [3.05, 3.63) is 52.5 Å². The molecule has 2 N–H and O–H groups in total. The summed E-state index contributed by atoms with van der Waals surface area (Å²) in [4.78, 5) is 24.7. The minimum Gasteiger partial charge on any atom is -0.486 e. The summed E-state index contributed by atoms with van der Waals surface area (Å²) in [5, 5.41) is 5.91. The van der Waals surface area contributed by atoms with E-state index < -0.39 is 5.92 Å². The van der Waals surface area contributed by atoms with Crippen molar-refractivity contribution in [1.29, 1.82) is 0 Å². The first-order valence-electron chi connectivity index (χ1n) is 9.27. The third-order valence-electron chi connectivity index (χ3n) is 4.48. The van der Waals surface area contributed by atoms with Crippen LogP contribution in [-0.4, -0.2) is 31.6 Å². The molecular formula is C21H23ClN2O4. The van der Waals surface area contributed by atoms with Crippen molar-refractivity contribution in [3.63, 3.8) is 0 Å². The molecule has 0 aromatic heterocycles. The fourth-order valence-corrected chi connectivity index (χ4v) is 3.11. The molecule has 0 spiro atoms. The first-order chi connectivity index (χ1) is 13.5. The number of amides is 2. The number of halogens is 1. The molecule has 1 atom stereocenters. The lowest BCUT2D eigenvalue weighted by atomic mass is 9.99. The van der Waals surface area contributed by atoms with Gasteiger partial charge in [-0.05, 0) is 49.2 Å². The van der Waals surface area contributed by atoms with Gasteiger partial charge in [-0.15, -0.1) is 0 Å². The van der Waals surface area contributed by atoms with Crippen molar-refractivity contribution in [2.45, 2.75) is 26.2 Å². The average molecular weight is 403 g/mol. The Morgan fingerprint density at radius 2 is 1.86 bits per heavy atom. The molecule has 0 bridgehead atoms. The van der Waals surface area contributed by atoms with Gasteiger partial charge in [-0.1, -0.05) is 24.6 Å². The molecule has 0 fully saturated rings. The maximum atomic E-state index is 12.6. The number of benzene rings is 2. The topological polar surface area (TPSA) is 76.7 Å². The number of fused-ring (bicyclic) bond motifs is 1. The second-order valence-electron chi connectivity index (χ2n) is 6.56. The van der Waals surface area contributed by atoms with Gasteiger partial charge in [0.05, 0.1) is 16.5 Å². The summed E-state index contributed by atoms with van der Waals surface area (Å²) in [5.74, 6) is 0.521. The number of rotatable bonds is 6. The number of carbonyl (C=O) groups excluding carboxylic acids is 2. The van der Waals surface area contributed by atoms with Crippen LogP contribution >= 0.6 is 11.6 Å². The van der Waals surface area contributed by atoms with Gasteiger partial charge in [0.1, 0.15) is 13.2 Å². The summed E-state index contributed by atoms with van der Waals surface area (Å²) in [7, 11) is 0. The number of hydrogen-bond acceptors (Lipinski definition) is 4. The second kappa shape index (κ2) is 8.97.